The maximum Gasteiger partial charge on any atom is 0.206 e. The predicted molar refractivity (Wildman–Crippen MR) is 181 cm³/mol. The predicted octanol–water partition coefficient (Wildman–Crippen LogP) is 5.84. The topological polar surface area (TPSA) is 116 Å². The van der Waals surface area contributed by atoms with Gasteiger partial charge in [0.2, 0.25) is 19.7 Å². The van der Waals surface area contributed by atoms with Crippen LogP contribution in [0.25, 0.3) is 0 Å². The summed E-state index contributed by atoms with van der Waals surface area (Å²) < 4.78 is 77.8. The Kier molecular flexibility index (Phi) is 9.01. The lowest BCUT2D eigenvalue weighted by atomic mass is 9.91. The second-order valence-corrected chi connectivity index (χ2v) is 16.7. The van der Waals surface area contributed by atoms with Crippen LogP contribution in [0, 0.1) is 11.6 Å². The third-order valence-corrected chi connectivity index (χ3v) is 13.4. The van der Waals surface area contributed by atoms with Crippen LogP contribution in [0.15, 0.2) is 105 Å². The number of halogens is 2. The average Bonchev–Trinajstić information content (AvgIpc) is 3.37. The SMILES string of the molecule is O=S(=O)(c1ccc(F)cc1)c1ccc2c(c1)[C@@H]1CCNCC[C@@H]1N2.O=S(=O)(c1cccc(F)c1)c1ccc2c(c1)[C@@H]1CCNCC[C@@H]1N2. The summed E-state index contributed by atoms with van der Waals surface area (Å²) in [5, 5.41) is 13.8. The van der Waals surface area contributed by atoms with E-state index in [2.05, 4.69) is 21.3 Å². The number of hydrogen-bond acceptors (Lipinski definition) is 8. The van der Waals surface area contributed by atoms with Gasteiger partial charge in [-0.15, -0.1) is 0 Å². The highest BCUT2D eigenvalue weighted by molar-refractivity contribution is 7.91. The van der Waals surface area contributed by atoms with E-state index in [1.165, 1.54) is 42.5 Å². The van der Waals surface area contributed by atoms with E-state index in [1.807, 2.05) is 12.1 Å². The van der Waals surface area contributed by atoms with E-state index in [0.29, 0.717) is 23.9 Å². The van der Waals surface area contributed by atoms with Gasteiger partial charge >= 0.3 is 0 Å². The van der Waals surface area contributed by atoms with Gasteiger partial charge in [0.05, 0.1) is 19.6 Å². The zero-order chi connectivity index (χ0) is 33.5. The van der Waals surface area contributed by atoms with Crippen molar-refractivity contribution < 1.29 is 25.6 Å². The molecule has 0 bridgehead atoms. The zero-order valence-electron chi connectivity index (χ0n) is 26.3. The Morgan fingerprint density at radius 1 is 0.500 bits per heavy atom. The number of benzene rings is 4. The first kappa shape index (κ1) is 32.7. The fourth-order valence-electron chi connectivity index (χ4n) is 7.39. The molecule has 0 amide bonds. The van der Waals surface area contributed by atoms with E-state index >= 15 is 0 Å². The van der Waals surface area contributed by atoms with Crippen molar-refractivity contribution in [3.63, 3.8) is 0 Å². The molecule has 4 atom stereocenters. The third-order valence-electron chi connectivity index (χ3n) is 9.88. The number of nitrogens with one attached hydrogen (secondary N) is 4. The molecule has 4 aliphatic rings. The molecule has 4 aromatic carbocycles. The number of fused-ring (bicyclic) bond motifs is 6. The lowest BCUT2D eigenvalue weighted by molar-refractivity contribution is 0.576. The molecule has 8 rings (SSSR count). The van der Waals surface area contributed by atoms with E-state index in [4.69, 9.17) is 0 Å². The van der Waals surface area contributed by atoms with Crippen LogP contribution in [0.4, 0.5) is 20.2 Å². The molecule has 8 nitrogen and oxygen atoms in total. The van der Waals surface area contributed by atoms with E-state index in [-0.39, 0.29) is 19.6 Å². The van der Waals surface area contributed by atoms with Gasteiger partial charge < -0.3 is 21.3 Å². The van der Waals surface area contributed by atoms with Crippen LogP contribution >= 0.6 is 0 Å². The number of sulfone groups is 2. The molecule has 12 heteroatoms. The Morgan fingerprint density at radius 3 is 1.48 bits per heavy atom. The zero-order valence-corrected chi connectivity index (χ0v) is 27.9. The van der Waals surface area contributed by atoms with Gasteiger partial charge in [-0.1, -0.05) is 6.07 Å². The number of anilines is 2. The van der Waals surface area contributed by atoms with Gasteiger partial charge in [0.1, 0.15) is 11.6 Å². The largest absolute Gasteiger partial charge is 0.381 e. The van der Waals surface area contributed by atoms with E-state index in [9.17, 15) is 25.6 Å². The van der Waals surface area contributed by atoms with E-state index < -0.39 is 31.3 Å². The van der Waals surface area contributed by atoms with Crippen molar-refractivity contribution in [1.82, 2.24) is 10.6 Å². The maximum absolute atomic E-state index is 13.4. The highest BCUT2D eigenvalue weighted by Crippen LogP contribution is 2.43. The van der Waals surface area contributed by atoms with Gasteiger partial charge in [-0.3, -0.25) is 0 Å². The Labute approximate surface area is 280 Å². The number of hydrogen-bond donors (Lipinski definition) is 4. The van der Waals surface area contributed by atoms with Gasteiger partial charge in [0.15, 0.2) is 0 Å². The van der Waals surface area contributed by atoms with Crippen molar-refractivity contribution in [1.29, 1.82) is 0 Å². The Morgan fingerprint density at radius 2 is 0.958 bits per heavy atom. The van der Waals surface area contributed by atoms with Crippen molar-refractivity contribution in [2.75, 3.05) is 36.8 Å². The molecule has 2 saturated heterocycles. The second kappa shape index (κ2) is 13.2. The van der Waals surface area contributed by atoms with Crippen molar-refractivity contribution >= 4 is 31.0 Å². The van der Waals surface area contributed by atoms with Crippen LogP contribution < -0.4 is 21.3 Å². The minimum atomic E-state index is -3.71. The van der Waals surface area contributed by atoms with Crippen LogP contribution in [0.3, 0.4) is 0 Å². The van der Waals surface area contributed by atoms with Gasteiger partial charge in [-0.2, -0.15) is 0 Å². The molecule has 0 aliphatic carbocycles. The average molecular weight is 693 g/mol. The van der Waals surface area contributed by atoms with Gasteiger partial charge in [-0.25, -0.2) is 25.6 Å². The van der Waals surface area contributed by atoms with Gasteiger partial charge in [0, 0.05) is 35.3 Å². The van der Waals surface area contributed by atoms with Gasteiger partial charge in [0.25, 0.3) is 0 Å². The summed E-state index contributed by atoms with van der Waals surface area (Å²) in [7, 11) is -7.35. The summed E-state index contributed by atoms with van der Waals surface area (Å²) in [6, 6.07) is 21.3. The first-order valence-electron chi connectivity index (χ1n) is 16.3. The summed E-state index contributed by atoms with van der Waals surface area (Å²) in [5.41, 5.74) is 4.18. The molecule has 252 valence electrons. The van der Waals surface area contributed by atoms with Crippen molar-refractivity contribution in [2.45, 2.75) is 69.2 Å². The molecule has 4 N–H and O–H groups in total. The van der Waals surface area contributed by atoms with Crippen LogP contribution in [0.2, 0.25) is 0 Å². The second-order valence-electron chi connectivity index (χ2n) is 12.8. The summed E-state index contributed by atoms with van der Waals surface area (Å²) in [6.45, 7) is 3.82. The van der Waals surface area contributed by atoms with Crippen molar-refractivity contribution in [3.8, 4) is 0 Å². The third kappa shape index (κ3) is 6.34. The highest BCUT2D eigenvalue weighted by atomic mass is 32.2. The Bertz CT molecular complexity index is 2040. The van der Waals surface area contributed by atoms with Crippen LogP contribution in [-0.4, -0.2) is 55.1 Å². The lowest BCUT2D eigenvalue weighted by Crippen LogP contribution is -2.21. The molecule has 0 aromatic heterocycles. The molecule has 2 fully saturated rings. The van der Waals surface area contributed by atoms with E-state index in [1.54, 1.807) is 24.3 Å². The van der Waals surface area contributed by atoms with Gasteiger partial charge in [-0.05, 0) is 142 Å². The summed E-state index contributed by atoms with van der Waals surface area (Å²) in [5.74, 6) is -0.342. The molecule has 4 heterocycles. The molecule has 0 spiro atoms. The lowest BCUT2D eigenvalue weighted by Gasteiger charge is -2.16. The molecule has 4 aromatic rings. The standard InChI is InChI=1S/2C18H19FN2O2S/c19-12-1-3-13(4-2-12)24(22,23)14-5-6-17-16(11-14)15-7-9-20-10-8-18(15)21-17;19-12-2-1-3-13(10-12)24(22,23)14-4-5-17-16(11-14)15-6-8-20-9-7-18(15)21-17/h1-6,11,15,18,20-21H,7-10H2;1-5,10-11,15,18,20-21H,6-9H2/t2*15-,18-/m00/s1. The molecule has 48 heavy (non-hydrogen) atoms. The van der Waals surface area contributed by atoms with Crippen LogP contribution in [-0.2, 0) is 19.7 Å². The molecule has 0 unspecified atom stereocenters. The molecule has 0 radical (unpaired) electrons. The monoisotopic (exact) mass is 692 g/mol. The van der Waals surface area contributed by atoms with Crippen molar-refractivity contribution in [2.24, 2.45) is 0 Å². The smallest absolute Gasteiger partial charge is 0.206 e. The normalized spacial score (nSPS) is 23.0. The molecule has 4 aliphatic heterocycles. The Hall–Kier alpha value is -3.84. The fourth-order valence-corrected chi connectivity index (χ4v) is 10.0. The maximum atomic E-state index is 13.4. The summed E-state index contributed by atoms with van der Waals surface area (Å²) >= 11 is 0. The molecular formula is C36H38F2N4O4S2. The summed E-state index contributed by atoms with van der Waals surface area (Å²) in [4.78, 5) is 0.611. The van der Waals surface area contributed by atoms with Crippen LogP contribution in [0.5, 0.6) is 0 Å². The Balaban J connectivity index is 0.000000152. The minimum Gasteiger partial charge on any atom is -0.381 e. The van der Waals surface area contributed by atoms with E-state index in [0.717, 1.165) is 80.4 Å². The molecule has 0 saturated carbocycles. The first-order chi connectivity index (χ1) is 23.1. The minimum absolute atomic E-state index is 0.00695. The number of rotatable bonds is 4. The quantitative estimate of drug-likeness (QED) is 0.197. The first-order valence-corrected chi connectivity index (χ1v) is 19.3. The summed E-state index contributed by atoms with van der Waals surface area (Å²) in [6.07, 6.45) is 4.02. The fraction of sp³-hybridized carbons (Fsp3) is 0.333. The molecular weight excluding hydrogens is 655 g/mol. The highest BCUT2D eigenvalue weighted by Gasteiger charge is 2.35. The van der Waals surface area contributed by atoms with Crippen molar-refractivity contribution in [3.05, 3.63) is 108 Å². The van der Waals surface area contributed by atoms with Crippen LogP contribution in [0.1, 0.15) is 48.6 Å².